The molecule has 0 aliphatic carbocycles. The van der Waals surface area contributed by atoms with Gasteiger partial charge in [-0.15, -0.1) is 11.3 Å². The van der Waals surface area contributed by atoms with Gasteiger partial charge in [-0.3, -0.25) is 19.8 Å². The molecular weight excluding hydrogens is 392 g/mol. The minimum absolute atomic E-state index is 0.0784. The Labute approximate surface area is 164 Å². The van der Waals surface area contributed by atoms with Gasteiger partial charge in [0.05, 0.1) is 15.9 Å². The quantitative estimate of drug-likeness (QED) is 0.450. The second-order valence-electron chi connectivity index (χ2n) is 6.45. The van der Waals surface area contributed by atoms with Crippen LogP contribution in [0.5, 0.6) is 0 Å². The van der Waals surface area contributed by atoms with Gasteiger partial charge in [0.1, 0.15) is 5.54 Å². The molecule has 8 nitrogen and oxygen atoms in total. The number of nitro groups is 1. The zero-order valence-corrected chi connectivity index (χ0v) is 16.2. The Morgan fingerprint density at radius 1 is 1.26 bits per heavy atom. The van der Waals surface area contributed by atoms with Crippen LogP contribution in [0.25, 0.3) is 0 Å². The Balaban J connectivity index is 1.74. The Kier molecular flexibility index (Phi) is 5.18. The van der Waals surface area contributed by atoms with Crippen molar-refractivity contribution in [2.24, 2.45) is 0 Å². The molecule has 1 aromatic carbocycles. The predicted octanol–water partition coefficient (Wildman–Crippen LogP) is 3.17. The number of nitrogens with zero attached hydrogens (tertiary/aromatic N) is 3. The van der Waals surface area contributed by atoms with Crippen LogP contribution in [-0.2, 0) is 16.9 Å². The molecule has 1 fully saturated rings. The first-order chi connectivity index (χ1) is 12.7. The van der Waals surface area contributed by atoms with Gasteiger partial charge in [-0.1, -0.05) is 11.6 Å². The van der Waals surface area contributed by atoms with Crippen molar-refractivity contribution in [1.29, 1.82) is 0 Å². The molecule has 1 saturated heterocycles. The van der Waals surface area contributed by atoms with Crippen LogP contribution in [0.3, 0.4) is 0 Å². The highest BCUT2D eigenvalue weighted by Crippen LogP contribution is 2.30. The zero-order chi connectivity index (χ0) is 19.8. The van der Waals surface area contributed by atoms with E-state index in [1.807, 2.05) is 11.0 Å². The monoisotopic (exact) mass is 408 g/mol. The number of benzene rings is 1. The van der Waals surface area contributed by atoms with Gasteiger partial charge >= 0.3 is 6.03 Å². The van der Waals surface area contributed by atoms with Crippen molar-refractivity contribution < 1.29 is 14.5 Å². The van der Waals surface area contributed by atoms with Gasteiger partial charge in [-0.05, 0) is 43.8 Å². The Bertz CT molecular complexity index is 901. The number of carbonyl (C=O) groups excluding carboxylic acids is 2. The van der Waals surface area contributed by atoms with E-state index in [2.05, 4.69) is 5.32 Å². The van der Waals surface area contributed by atoms with Crippen molar-refractivity contribution in [1.82, 2.24) is 15.1 Å². The molecule has 0 saturated carbocycles. The molecule has 1 aliphatic heterocycles. The van der Waals surface area contributed by atoms with E-state index >= 15 is 0 Å². The summed E-state index contributed by atoms with van der Waals surface area (Å²) in [4.78, 5) is 39.6. The van der Waals surface area contributed by atoms with Gasteiger partial charge in [0.15, 0.2) is 0 Å². The number of carbonyl (C=O) groups is 2. The minimum Gasteiger partial charge on any atom is -0.319 e. The summed E-state index contributed by atoms with van der Waals surface area (Å²) < 4.78 is 0.680. The number of rotatable bonds is 6. The number of halogens is 1. The molecule has 142 valence electrons. The summed E-state index contributed by atoms with van der Waals surface area (Å²) in [6, 6.07) is 8.79. The van der Waals surface area contributed by atoms with E-state index in [0.29, 0.717) is 16.4 Å². The summed E-state index contributed by atoms with van der Waals surface area (Å²) >= 11 is 7.37. The first-order valence-electron chi connectivity index (χ1n) is 8.02. The first-order valence-corrected chi connectivity index (χ1v) is 9.22. The van der Waals surface area contributed by atoms with Crippen LogP contribution in [0.2, 0.25) is 4.34 Å². The number of urea groups is 1. The number of amides is 3. The standard InChI is InChI=1S/C17H17ClN4O4S/c1-17(11-3-5-12(6-4-11)22(25)26)15(23)21(16(24)19-17)10-20(2)9-13-7-8-14(18)27-13/h3-8H,9-10H2,1-2H3,(H,19,24)/t17-/m1/s1. The number of nitro benzene ring substituents is 1. The third-order valence-electron chi connectivity index (χ3n) is 4.37. The molecule has 10 heteroatoms. The van der Waals surface area contributed by atoms with Gasteiger partial charge in [-0.2, -0.15) is 0 Å². The lowest BCUT2D eigenvalue weighted by atomic mass is 9.92. The number of nitrogens with one attached hydrogen (secondary N) is 1. The van der Waals surface area contributed by atoms with Gasteiger partial charge in [0.25, 0.3) is 11.6 Å². The molecule has 3 amide bonds. The summed E-state index contributed by atoms with van der Waals surface area (Å²) in [6.45, 7) is 2.25. The lowest BCUT2D eigenvalue weighted by molar-refractivity contribution is -0.384. The van der Waals surface area contributed by atoms with E-state index in [1.54, 1.807) is 20.0 Å². The molecule has 1 N–H and O–H groups in total. The van der Waals surface area contributed by atoms with Crippen molar-refractivity contribution in [3.63, 3.8) is 0 Å². The average Bonchev–Trinajstić information content (AvgIpc) is 3.11. The molecule has 27 heavy (non-hydrogen) atoms. The van der Waals surface area contributed by atoms with E-state index in [-0.39, 0.29) is 12.4 Å². The highest BCUT2D eigenvalue weighted by Gasteiger charge is 2.49. The van der Waals surface area contributed by atoms with Gasteiger partial charge in [-0.25, -0.2) is 9.69 Å². The number of hydrogen-bond acceptors (Lipinski definition) is 6. The largest absolute Gasteiger partial charge is 0.326 e. The topological polar surface area (TPSA) is 95.8 Å². The van der Waals surface area contributed by atoms with E-state index in [0.717, 1.165) is 9.78 Å². The van der Waals surface area contributed by atoms with Crippen molar-refractivity contribution in [3.05, 3.63) is 61.3 Å². The van der Waals surface area contributed by atoms with Crippen LogP contribution in [-0.4, -0.2) is 40.4 Å². The smallest absolute Gasteiger partial charge is 0.319 e. The van der Waals surface area contributed by atoms with Crippen molar-refractivity contribution in [2.45, 2.75) is 19.0 Å². The fourth-order valence-electron chi connectivity index (χ4n) is 2.93. The maximum Gasteiger partial charge on any atom is 0.326 e. The van der Waals surface area contributed by atoms with Crippen LogP contribution in [0, 0.1) is 10.1 Å². The fourth-order valence-corrected chi connectivity index (χ4v) is 4.10. The van der Waals surface area contributed by atoms with Crippen molar-refractivity contribution in [2.75, 3.05) is 13.7 Å². The lowest BCUT2D eigenvalue weighted by Crippen LogP contribution is -2.42. The van der Waals surface area contributed by atoms with Gasteiger partial charge < -0.3 is 5.32 Å². The average molecular weight is 409 g/mol. The second-order valence-corrected chi connectivity index (χ2v) is 8.25. The van der Waals surface area contributed by atoms with Gasteiger partial charge in [0.2, 0.25) is 0 Å². The molecule has 1 aliphatic rings. The first kappa shape index (κ1) is 19.3. The molecule has 0 bridgehead atoms. The fraction of sp³-hybridized carbons (Fsp3) is 0.294. The van der Waals surface area contributed by atoms with Crippen molar-refractivity contribution in [3.8, 4) is 0 Å². The van der Waals surface area contributed by atoms with Crippen LogP contribution < -0.4 is 5.32 Å². The number of hydrogen-bond donors (Lipinski definition) is 1. The third kappa shape index (κ3) is 3.80. The zero-order valence-electron chi connectivity index (χ0n) is 14.6. The number of imide groups is 1. The Morgan fingerprint density at radius 2 is 1.93 bits per heavy atom. The summed E-state index contributed by atoms with van der Waals surface area (Å²) in [5.74, 6) is -0.405. The summed E-state index contributed by atoms with van der Waals surface area (Å²) in [5, 5.41) is 13.5. The molecule has 0 spiro atoms. The Morgan fingerprint density at radius 3 is 2.48 bits per heavy atom. The molecule has 1 atom stereocenters. The molecule has 2 heterocycles. The Hall–Kier alpha value is -2.49. The lowest BCUT2D eigenvalue weighted by Gasteiger charge is -2.24. The van der Waals surface area contributed by atoms with Crippen LogP contribution >= 0.6 is 22.9 Å². The molecule has 0 radical (unpaired) electrons. The van der Waals surface area contributed by atoms with E-state index in [1.165, 1.54) is 35.6 Å². The normalized spacial score (nSPS) is 19.6. The molecular formula is C17H17ClN4O4S. The van der Waals surface area contributed by atoms with Crippen molar-refractivity contribution >= 4 is 40.6 Å². The third-order valence-corrected chi connectivity index (χ3v) is 5.58. The summed E-state index contributed by atoms with van der Waals surface area (Å²) in [7, 11) is 1.80. The number of thiophene rings is 1. The van der Waals surface area contributed by atoms with E-state index in [9.17, 15) is 19.7 Å². The summed E-state index contributed by atoms with van der Waals surface area (Å²) in [6.07, 6.45) is 0. The maximum atomic E-state index is 12.9. The number of non-ortho nitro benzene ring substituents is 1. The minimum atomic E-state index is -1.26. The second kappa shape index (κ2) is 7.26. The SMILES string of the molecule is CN(Cc1ccc(Cl)s1)CN1C(=O)N[C@](C)(c2ccc([N+](=O)[O-])cc2)C1=O. The highest BCUT2D eigenvalue weighted by molar-refractivity contribution is 7.16. The maximum absolute atomic E-state index is 12.9. The highest BCUT2D eigenvalue weighted by atomic mass is 35.5. The molecule has 0 unspecified atom stereocenters. The van der Waals surface area contributed by atoms with Crippen LogP contribution in [0.1, 0.15) is 17.4 Å². The molecule has 1 aromatic heterocycles. The van der Waals surface area contributed by atoms with E-state index < -0.39 is 22.4 Å². The molecule has 3 rings (SSSR count). The van der Waals surface area contributed by atoms with Gasteiger partial charge in [0, 0.05) is 23.6 Å². The predicted molar refractivity (Wildman–Crippen MR) is 101 cm³/mol. The van der Waals surface area contributed by atoms with Crippen LogP contribution in [0.4, 0.5) is 10.5 Å². The summed E-state index contributed by atoms with van der Waals surface area (Å²) in [5.41, 5.74) is -0.855. The van der Waals surface area contributed by atoms with Crippen LogP contribution in [0.15, 0.2) is 36.4 Å². The molecule has 2 aromatic rings. The van der Waals surface area contributed by atoms with E-state index in [4.69, 9.17) is 11.6 Å².